The first-order valence-corrected chi connectivity index (χ1v) is 8.87. The fourth-order valence-corrected chi connectivity index (χ4v) is 2.49. The summed E-state index contributed by atoms with van der Waals surface area (Å²) in [5.41, 5.74) is 2.18. The first-order valence-electron chi connectivity index (χ1n) is 7.02. The van der Waals surface area contributed by atoms with Gasteiger partial charge in [-0.25, -0.2) is 27.1 Å². The molecule has 0 saturated heterocycles. The lowest BCUT2D eigenvalue weighted by Crippen LogP contribution is -2.27. The number of aliphatic hydroxyl groups excluding tert-OH is 1. The number of hydrogen-bond acceptors (Lipinski definition) is 5. The molecule has 0 bridgehead atoms. The lowest BCUT2D eigenvalue weighted by Gasteiger charge is -2.19. The van der Waals surface area contributed by atoms with Crippen molar-refractivity contribution in [1.82, 2.24) is 9.97 Å². The molecule has 0 spiro atoms. The Balaban J connectivity index is 2.78. The lowest BCUT2D eigenvalue weighted by atomic mass is 10.0. The third-order valence-corrected chi connectivity index (χ3v) is 4.61. The number of rotatable bonds is 5. The van der Waals surface area contributed by atoms with Crippen LogP contribution in [0.15, 0.2) is 30.8 Å². The van der Waals surface area contributed by atoms with Crippen LogP contribution in [0.1, 0.15) is 18.2 Å². The Labute approximate surface area is 140 Å². The summed E-state index contributed by atoms with van der Waals surface area (Å²) in [6, 6.07) is 5.53. The minimum atomic E-state index is -3.57. The zero-order valence-electron chi connectivity index (χ0n) is 13.6. The summed E-state index contributed by atoms with van der Waals surface area (Å²) in [5.74, 6) is -0.459. The molecule has 0 amide bonds. The highest BCUT2D eigenvalue weighted by Gasteiger charge is 2.21. The number of allylic oxidation sites excluding steroid dienone is 1. The summed E-state index contributed by atoms with van der Waals surface area (Å²) in [6.45, 7) is 5.15. The van der Waals surface area contributed by atoms with Crippen LogP contribution in [0.25, 0.3) is 16.8 Å². The van der Waals surface area contributed by atoms with E-state index < -0.39 is 15.8 Å². The van der Waals surface area contributed by atoms with E-state index in [0.29, 0.717) is 28.1 Å². The van der Waals surface area contributed by atoms with Gasteiger partial charge in [-0.2, -0.15) is 0 Å². The second-order valence-corrected chi connectivity index (χ2v) is 7.39. The standard InChI is InChI=1S/C16H18FN3O3S/c1-10(2)14-13(9-21)15(11-5-7-12(17)8-6-11)19-16(18-14)20(3)24(4,22)23/h5-8,21H,1,9H2,2-4H3. The van der Waals surface area contributed by atoms with Crippen LogP contribution in [0.2, 0.25) is 0 Å². The Kier molecular flexibility index (Phi) is 5.00. The van der Waals surface area contributed by atoms with Gasteiger partial charge in [-0.05, 0) is 36.8 Å². The van der Waals surface area contributed by atoms with Gasteiger partial charge in [0.2, 0.25) is 16.0 Å². The number of hydrogen-bond donors (Lipinski definition) is 1. The van der Waals surface area contributed by atoms with Crippen LogP contribution >= 0.6 is 0 Å². The van der Waals surface area contributed by atoms with Crippen molar-refractivity contribution in [2.24, 2.45) is 0 Å². The molecule has 0 aliphatic heterocycles. The van der Waals surface area contributed by atoms with Gasteiger partial charge in [0.1, 0.15) is 5.82 Å². The molecule has 0 unspecified atom stereocenters. The van der Waals surface area contributed by atoms with E-state index in [9.17, 15) is 17.9 Å². The van der Waals surface area contributed by atoms with Crippen molar-refractivity contribution in [2.45, 2.75) is 13.5 Å². The van der Waals surface area contributed by atoms with Crippen LogP contribution in [0, 0.1) is 5.82 Å². The van der Waals surface area contributed by atoms with Crippen molar-refractivity contribution < 1.29 is 17.9 Å². The van der Waals surface area contributed by atoms with Crippen molar-refractivity contribution in [2.75, 3.05) is 17.6 Å². The molecule has 1 aromatic carbocycles. The summed E-state index contributed by atoms with van der Waals surface area (Å²) in [5, 5.41) is 9.73. The fraction of sp³-hybridized carbons (Fsp3) is 0.250. The number of anilines is 1. The second-order valence-electron chi connectivity index (χ2n) is 5.38. The van der Waals surface area contributed by atoms with E-state index in [2.05, 4.69) is 16.5 Å². The molecule has 0 atom stereocenters. The first-order chi connectivity index (χ1) is 11.1. The third-order valence-electron chi connectivity index (χ3n) is 3.45. The Bertz CT molecular complexity index is 880. The number of nitrogens with zero attached hydrogens (tertiary/aromatic N) is 3. The molecule has 0 radical (unpaired) electrons. The maximum Gasteiger partial charge on any atom is 0.240 e. The minimum Gasteiger partial charge on any atom is -0.392 e. The molecule has 1 aromatic heterocycles. The van der Waals surface area contributed by atoms with Crippen molar-refractivity contribution in [3.63, 3.8) is 0 Å². The number of aliphatic hydroxyl groups is 1. The molecule has 2 rings (SSSR count). The van der Waals surface area contributed by atoms with Gasteiger partial charge in [0.05, 0.1) is 24.3 Å². The number of benzene rings is 1. The summed E-state index contributed by atoms with van der Waals surface area (Å²) in [7, 11) is -2.23. The number of aromatic nitrogens is 2. The average molecular weight is 351 g/mol. The predicted octanol–water partition coefficient (Wildman–Crippen LogP) is 2.20. The monoisotopic (exact) mass is 351 g/mol. The molecule has 0 saturated carbocycles. The maximum absolute atomic E-state index is 13.2. The molecule has 128 valence electrons. The van der Waals surface area contributed by atoms with Crippen LogP contribution in [0.4, 0.5) is 10.3 Å². The molecule has 24 heavy (non-hydrogen) atoms. The molecule has 8 heteroatoms. The van der Waals surface area contributed by atoms with Crippen molar-refractivity contribution in [1.29, 1.82) is 0 Å². The van der Waals surface area contributed by atoms with E-state index in [1.807, 2.05) is 0 Å². The molecule has 0 aliphatic rings. The van der Waals surface area contributed by atoms with E-state index in [1.54, 1.807) is 6.92 Å². The van der Waals surface area contributed by atoms with Crippen molar-refractivity contribution in [3.05, 3.63) is 47.9 Å². The maximum atomic E-state index is 13.2. The number of halogens is 1. The summed E-state index contributed by atoms with van der Waals surface area (Å²) >= 11 is 0. The molecule has 1 N–H and O–H groups in total. The molecule has 0 aliphatic carbocycles. The normalized spacial score (nSPS) is 11.4. The molecular formula is C16H18FN3O3S. The van der Waals surface area contributed by atoms with E-state index in [-0.39, 0.29) is 12.6 Å². The van der Waals surface area contributed by atoms with E-state index in [0.717, 1.165) is 10.6 Å². The van der Waals surface area contributed by atoms with E-state index in [1.165, 1.54) is 31.3 Å². The summed E-state index contributed by atoms with van der Waals surface area (Å²) in [6.07, 6.45) is 1.04. The Morgan fingerprint density at radius 2 is 1.88 bits per heavy atom. The highest BCUT2D eigenvalue weighted by atomic mass is 32.2. The Morgan fingerprint density at radius 1 is 1.29 bits per heavy atom. The van der Waals surface area contributed by atoms with Gasteiger partial charge in [-0.3, -0.25) is 0 Å². The van der Waals surface area contributed by atoms with Crippen molar-refractivity contribution in [3.8, 4) is 11.3 Å². The second kappa shape index (κ2) is 6.66. The molecule has 0 fully saturated rings. The van der Waals surface area contributed by atoms with Gasteiger partial charge >= 0.3 is 0 Å². The highest BCUT2D eigenvalue weighted by Crippen LogP contribution is 2.29. The van der Waals surface area contributed by atoms with Gasteiger partial charge in [-0.1, -0.05) is 6.58 Å². The van der Waals surface area contributed by atoms with Crippen LogP contribution in [0.3, 0.4) is 0 Å². The largest absolute Gasteiger partial charge is 0.392 e. The van der Waals surface area contributed by atoms with Crippen LogP contribution < -0.4 is 4.31 Å². The zero-order chi connectivity index (χ0) is 18.1. The Hall–Kier alpha value is -2.32. The first kappa shape index (κ1) is 18.0. The van der Waals surface area contributed by atoms with Crippen LogP contribution in [0.5, 0.6) is 0 Å². The Morgan fingerprint density at radius 3 is 2.33 bits per heavy atom. The predicted molar refractivity (Wildman–Crippen MR) is 91.3 cm³/mol. The quantitative estimate of drug-likeness (QED) is 0.893. The third kappa shape index (κ3) is 3.60. The average Bonchev–Trinajstić information content (AvgIpc) is 2.52. The topological polar surface area (TPSA) is 83.4 Å². The zero-order valence-corrected chi connectivity index (χ0v) is 14.4. The van der Waals surface area contributed by atoms with Crippen molar-refractivity contribution >= 4 is 21.5 Å². The van der Waals surface area contributed by atoms with Gasteiger partial charge < -0.3 is 5.11 Å². The van der Waals surface area contributed by atoms with Crippen LogP contribution in [-0.4, -0.2) is 36.8 Å². The summed E-state index contributed by atoms with van der Waals surface area (Å²) in [4.78, 5) is 8.48. The lowest BCUT2D eigenvalue weighted by molar-refractivity contribution is 0.281. The molecule has 2 aromatic rings. The van der Waals surface area contributed by atoms with Crippen LogP contribution in [-0.2, 0) is 16.6 Å². The van der Waals surface area contributed by atoms with E-state index >= 15 is 0 Å². The smallest absolute Gasteiger partial charge is 0.240 e. The van der Waals surface area contributed by atoms with Gasteiger partial charge in [0.15, 0.2) is 0 Å². The highest BCUT2D eigenvalue weighted by molar-refractivity contribution is 7.92. The SMILES string of the molecule is C=C(C)c1nc(N(C)S(C)(=O)=O)nc(-c2ccc(F)cc2)c1CO. The molecular weight excluding hydrogens is 333 g/mol. The summed E-state index contributed by atoms with van der Waals surface area (Å²) < 4.78 is 37.7. The van der Waals surface area contributed by atoms with Gasteiger partial charge in [-0.15, -0.1) is 0 Å². The number of sulfonamides is 1. The molecule has 6 nitrogen and oxygen atoms in total. The fourth-order valence-electron chi connectivity index (χ4n) is 2.11. The van der Waals surface area contributed by atoms with Gasteiger partial charge in [0, 0.05) is 18.2 Å². The van der Waals surface area contributed by atoms with Gasteiger partial charge in [0.25, 0.3) is 0 Å². The molecule has 1 heterocycles. The van der Waals surface area contributed by atoms with E-state index in [4.69, 9.17) is 0 Å². The minimum absolute atomic E-state index is 0.0491.